The van der Waals surface area contributed by atoms with E-state index in [1.807, 2.05) is 60.1 Å². The maximum atomic E-state index is 11.4. The van der Waals surface area contributed by atoms with E-state index in [9.17, 15) is 4.79 Å². The monoisotopic (exact) mass is 289 g/mol. The van der Waals surface area contributed by atoms with Gasteiger partial charge in [-0.25, -0.2) is 0 Å². The number of hydrogen-bond donors (Lipinski definition) is 1. The summed E-state index contributed by atoms with van der Waals surface area (Å²) in [7, 11) is 0. The van der Waals surface area contributed by atoms with Crippen LogP contribution in [0.1, 0.15) is 24.8 Å². The summed E-state index contributed by atoms with van der Waals surface area (Å²) in [6, 6.07) is 9.84. The molecule has 1 atom stereocenters. The Bertz CT molecular complexity index is 274. The summed E-state index contributed by atoms with van der Waals surface area (Å²) in [5.74, 6) is 0.0624. The van der Waals surface area contributed by atoms with Crippen molar-refractivity contribution in [2.45, 2.75) is 19.3 Å². The van der Waals surface area contributed by atoms with E-state index >= 15 is 0 Å². The molecule has 0 fully saturated rings. The van der Waals surface area contributed by atoms with Crippen LogP contribution in [0.5, 0.6) is 0 Å². The Morgan fingerprint density at radius 2 is 2.08 bits per heavy atom. The van der Waals surface area contributed by atoms with Gasteiger partial charge in [0.25, 0.3) is 0 Å². The van der Waals surface area contributed by atoms with Crippen LogP contribution in [0, 0.1) is 0 Å². The minimum Gasteiger partial charge on any atom is -0.298 e. The van der Waals surface area contributed by atoms with Gasteiger partial charge in [-0.05, 0) is 12.0 Å². The van der Waals surface area contributed by atoms with E-state index in [2.05, 4.69) is 3.53 Å². The second-order valence-electron chi connectivity index (χ2n) is 2.83. The lowest BCUT2D eigenvalue weighted by molar-refractivity contribution is -0.120. The molecule has 0 spiro atoms. The molecule has 0 bridgehead atoms. The first kappa shape index (κ1) is 10.5. The fourth-order valence-corrected chi connectivity index (χ4v) is 1.70. The van der Waals surface area contributed by atoms with Crippen LogP contribution in [-0.2, 0) is 4.79 Å². The second-order valence-corrected chi connectivity index (χ2v) is 3.37. The number of nitrogens with one attached hydrogen (secondary N) is 1. The zero-order chi connectivity index (χ0) is 9.68. The molecule has 1 amide bonds. The average molecular weight is 289 g/mol. The zero-order valence-electron chi connectivity index (χ0n) is 7.46. The lowest BCUT2D eigenvalue weighted by Gasteiger charge is -2.12. The molecular formula is C10H12INO. The molecule has 1 aromatic carbocycles. The number of amides is 1. The second kappa shape index (κ2) is 5.21. The van der Waals surface area contributed by atoms with E-state index < -0.39 is 0 Å². The molecule has 1 unspecified atom stereocenters. The van der Waals surface area contributed by atoms with Gasteiger partial charge in [-0.1, -0.05) is 37.3 Å². The third-order valence-electron chi connectivity index (χ3n) is 2.02. The first-order valence-electron chi connectivity index (χ1n) is 4.25. The molecule has 0 aromatic heterocycles. The van der Waals surface area contributed by atoms with Crippen LogP contribution in [0.2, 0.25) is 0 Å². The van der Waals surface area contributed by atoms with Gasteiger partial charge in [0.1, 0.15) is 0 Å². The third kappa shape index (κ3) is 2.69. The van der Waals surface area contributed by atoms with Gasteiger partial charge in [-0.15, -0.1) is 0 Å². The first-order valence-corrected chi connectivity index (χ1v) is 5.33. The van der Waals surface area contributed by atoms with E-state index in [0.29, 0.717) is 0 Å². The molecule has 13 heavy (non-hydrogen) atoms. The zero-order valence-corrected chi connectivity index (χ0v) is 9.61. The highest BCUT2D eigenvalue weighted by Gasteiger charge is 2.16. The van der Waals surface area contributed by atoms with Crippen molar-refractivity contribution in [3.63, 3.8) is 0 Å². The van der Waals surface area contributed by atoms with Crippen molar-refractivity contribution < 1.29 is 4.79 Å². The highest BCUT2D eigenvalue weighted by molar-refractivity contribution is 14.1. The molecule has 0 saturated heterocycles. The van der Waals surface area contributed by atoms with E-state index in [-0.39, 0.29) is 11.8 Å². The van der Waals surface area contributed by atoms with Crippen molar-refractivity contribution in [1.29, 1.82) is 0 Å². The van der Waals surface area contributed by atoms with Gasteiger partial charge in [0.15, 0.2) is 0 Å². The molecule has 3 heteroatoms. The van der Waals surface area contributed by atoms with Crippen LogP contribution >= 0.6 is 22.9 Å². The quantitative estimate of drug-likeness (QED) is 0.672. The van der Waals surface area contributed by atoms with Crippen LogP contribution < -0.4 is 3.53 Å². The van der Waals surface area contributed by atoms with Gasteiger partial charge < -0.3 is 0 Å². The summed E-state index contributed by atoms with van der Waals surface area (Å²) in [4.78, 5) is 11.4. The summed E-state index contributed by atoms with van der Waals surface area (Å²) < 4.78 is 2.65. The Morgan fingerprint density at radius 3 is 2.54 bits per heavy atom. The van der Waals surface area contributed by atoms with Gasteiger partial charge >= 0.3 is 0 Å². The third-order valence-corrected chi connectivity index (χ3v) is 2.55. The fraction of sp³-hybridized carbons (Fsp3) is 0.300. The number of carbonyl (C=O) groups excluding carboxylic acids is 1. The van der Waals surface area contributed by atoms with Crippen molar-refractivity contribution in [2.24, 2.45) is 0 Å². The summed E-state index contributed by atoms with van der Waals surface area (Å²) in [5.41, 5.74) is 1.08. The molecule has 0 radical (unpaired) electrons. The van der Waals surface area contributed by atoms with Crippen LogP contribution in [0.25, 0.3) is 0 Å². The Balaban J connectivity index is 2.85. The molecule has 0 aliphatic heterocycles. The molecular weight excluding hydrogens is 277 g/mol. The summed E-state index contributed by atoms with van der Waals surface area (Å²) in [6.07, 6.45) is 0.832. The van der Waals surface area contributed by atoms with Gasteiger partial charge in [-0.3, -0.25) is 8.32 Å². The standard InChI is InChI=1S/C10H12INO/c1-2-9(10(13)12-11)8-6-4-3-5-7-8/h3-7,9H,2H2,1H3,(H,12,13). The van der Waals surface area contributed by atoms with Gasteiger partial charge in [0, 0.05) is 0 Å². The minimum atomic E-state index is -0.0156. The van der Waals surface area contributed by atoms with Crippen LogP contribution in [-0.4, -0.2) is 5.91 Å². The molecule has 2 nitrogen and oxygen atoms in total. The first-order chi connectivity index (χ1) is 6.29. The van der Waals surface area contributed by atoms with E-state index in [0.717, 1.165) is 12.0 Å². The van der Waals surface area contributed by atoms with Gasteiger partial charge in [-0.2, -0.15) is 0 Å². The Hall–Kier alpha value is -0.580. The molecule has 0 aliphatic carbocycles. The normalized spacial score (nSPS) is 12.2. The number of rotatable bonds is 3. The van der Waals surface area contributed by atoms with Crippen molar-refractivity contribution in [3.05, 3.63) is 35.9 Å². The molecule has 0 aliphatic rings. The topological polar surface area (TPSA) is 29.1 Å². The Labute approximate surface area is 92.2 Å². The summed E-state index contributed by atoms with van der Waals surface area (Å²) >= 11 is 1.88. The van der Waals surface area contributed by atoms with E-state index in [1.54, 1.807) is 0 Å². The van der Waals surface area contributed by atoms with E-state index in [4.69, 9.17) is 0 Å². The van der Waals surface area contributed by atoms with Gasteiger partial charge in [0.05, 0.1) is 28.8 Å². The Morgan fingerprint density at radius 1 is 1.46 bits per heavy atom. The van der Waals surface area contributed by atoms with Crippen molar-refractivity contribution in [2.75, 3.05) is 0 Å². The predicted molar refractivity (Wildman–Crippen MR) is 61.6 cm³/mol. The maximum Gasteiger partial charge on any atom is 0.236 e. The van der Waals surface area contributed by atoms with Crippen molar-refractivity contribution in [3.8, 4) is 0 Å². The number of hydrogen-bond acceptors (Lipinski definition) is 1. The smallest absolute Gasteiger partial charge is 0.236 e. The largest absolute Gasteiger partial charge is 0.298 e. The maximum absolute atomic E-state index is 11.4. The van der Waals surface area contributed by atoms with Crippen molar-refractivity contribution in [1.82, 2.24) is 3.53 Å². The summed E-state index contributed by atoms with van der Waals surface area (Å²) in [5, 5.41) is 0. The lowest BCUT2D eigenvalue weighted by Crippen LogP contribution is -2.20. The molecule has 1 N–H and O–H groups in total. The average Bonchev–Trinajstić information content (AvgIpc) is 2.20. The van der Waals surface area contributed by atoms with E-state index in [1.165, 1.54) is 0 Å². The molecule has 1 rings (SSSR count). The molecule has 70 valence electrons. The molecule has 0 heterocycles. The predicted octanol–water partition coefficient (Wildman–Crippen LogP) is 2.65. The highest BCUT2D eigenvalue weighted by Crippen LogP contribution is 2.19. The summed E-state index contributed by atoms with van der Waals surface area (Å²) in [6.45, 7) is 2.02. The van der Waals surface area contributed by atoms with Crippen molar-refractivity contribution >= 4 is 28.8 Å². The highest BCUT2D eigenvalue weighted by atomic mass is 127. The number of benzene rings is 1. The molecule has 0 saturated carbocycles. The van der Waals surface area contributed by atoms with Crippen LogP contribution in [0.4, 0.5) is 0 Å². The van der Waals surface area contributed by atoms with Gasteiger partial charge in [0.2, 0.25) is 5.91 Å². The number of halogens is 1. The van der Waals surface area contributed by atoms with Crippen LogP contribution in [0.3, 0.4) is 0 Å². The fourth-order valence-electron chi connectivity index (χ4n) is 1.32. The molecule has 1 aromatic rings. The number of carbonyl (C=O) groups is 1. The Kier molecular flexibility index (Phi) is 4.21. The van der Waals surface area contributed by atoms with Crippen LogP contribution in [0.15, 0.2) is 30.3 Å². The lowest BCUT2D eigenvalue weighted by atomic mass is 9.96. The minimum absolute atomic E-state index is 0.0156. The SMILES string of the molecule is CCC(C(=O)NI)c1ccccc1.